The molecule has 0 spiro atoms. The monoisotopic (exact) mass is 387 g/mol. The average molecular weight is 387 g/mol. The molecule has 0 amide bonds. The second-order valence-corrected chi connectivity index (χ2v) is 7.93. The molecule has 2 aromatic heterocycles. The molecule has 5 rings (SSSR count). The highest BCUT2D eigenvalue weighted by Crippen LogP contribution is 2.32. The number of nitrogens with one attached hydrogen (secondary N) is 4. The van der Waals surface area contributed by atoms with E-state index in [0.717, 1.165) is 65.7 Å². The number of pyridine rings is 1. The van der Waals surface area contributed by atoms with E-state index in [4.69, 9.17) is 4.98 Å². The molecule has 1 fully saturated rings. The van der Waals surface area contributed by atoms with E-state index < -0.39 is 0 Å². The maximum atomic E-state index is 13.1. The molecule has 0 bridgehead atoms. The number of H-pyrrole nitrogens is 2. The minimum absolute atomic E-state index is 0.131. The first-order valence-electron chi connectivity index (χ1n) is 10.3. The Balaban J connectivity index is 1.66. The number of fused-ring (bicyclic) bond motifs is 2. The predicted octanol–water partition coefficient (Wildman–Crippen LogP) is 3.79. The van der Waals surface area contributed by atoms with Gasteiger partial charge in [0.05, 0.1) is 22.2 Å². The van der Waals surface area contributed by atoms with E-state index in [-0.39, 0.29) is 5.56 Å². The molecule has 6 heteroatoms. The quantitative estimate of drug-likeness (QED) is 0.429. The van der Waals surface area contributed by atoms with Crippen LogP contribution >= 0.6 is 0 Å². The van der Waals surface area contributed by atoms with E-state index in [2.05, 4.69) is 33.6 Å². The van der Waals surface area contributed by atoms with Crippen LogP contribution in [0.2, 0.25) is 0 Å². The number of anilines is 1. The molecule has 1 saturated heterocycles. The van der Waals surface area contributed by atoms with E-state index in [0.29, 0.717) is 17.3 Å². The number of imidazole rings is 1. The molecule has 3 heterocycles. The van der Waals surface area contributed by atoms with Crippen molar-refractivity contribution >= 4 is 27.6 Å². The summed E-state index contributed by atoms with van der Waals surface area (Å²) in [4.78, 5) is 24.2. The molecular formula is C23H25N5O. The van der Waals surface area contributed by atoms with E-state index in [1.165, 1.54) is 0 Å². The summed E-state index contributed by atoms with van der Waals surface area (Å²) in [6.45, 7) is 5.03. The van der Waals surface area contributed by atoms with Crippen molar-refractivity contribution in [3.05, 3.63) is 58.4 Å². The summed E-state index contributed by atoms with van der Waals surface area (Å²) in [7, 11) is 0. The van der Waals surface area contributed by atoms with Crippen LogP contribution in [0.25, 0.3) is 33.3 Å². The van der Waals surface area contributed by atoms with Crippen molar-refractivity contribution in [3.8, 4) is 11.4 Å². The van der Waals surface area contributed by atoms with Crippen LogP contribution in [0.15, 0.2) is 47.3 Å². The molecule has 6 nitrogen and oxygen atoms in total. The number of piperidine rings is 1. The van der Waals surface area contributed by atoms with Crippen molar-refractivity contribution < 1.29 is 0 Å². The first-order chi connectivity index (χ1) is 14.2. The maximum Gasteiger partial charge on any atom is 0.261 e. The molecule has 1 aliphatic heterocycles. The van der Waals surface area contributed by atoms with Gasteiger partial charge in [-0.05, 0) is 63.0 Å². The Bertz CT molecular complexity index is 1200. The molecule has 0 saturated carbocycles. The van der Waals surface area contributed by atoms with Crippen LogP contribution in [-0.4, -0.2) is 34.6 Å². The number of rotatable bonds is 4. The highest BCUT2D eigenvalue weighted by molar-refractivity contribution is 5.99. The van der Waals surface area contributed by atoms with Crippen molar-refractivity contribution in [1.29, 1.82) is 0 Å². The lowest BCUT2D eigenvalue weighted by atomic mass is 9.97. The van der Waals surface area contributed by atoms with Crippen molar-refractivity contribution in [2.75, 3.05) is 25.0 Å². The number of nitrogens with zero attached hydrogens (tertiary/aromatic N) is 1. The number of benzene rings is 2. The van der Waals surface area contributed by atoms with Crippen LogP contribution in [-0.2, 0) is 0 Å². The van der Waals surface area contributed by atoms with Crippen molar-refractivity contribution in [2.45, 2.75) is 19.8 Å². The number of para-hydroxylation sites is 2. The molecule has 0 radical (unpaired) electrons. The number of hydrogen-bond donors (Lipinski definition) is 4. The van der Waals surface area contributed by atoms with Gasteiger partial charge in [-0.2, -0.15) is 0 Å². The second-order valence-electron chi connectivity index (χ2n) is 7.93. The maximum absolute atomic E-state index is 13.1. The van der Waals surface area contributed by atoms with Crippen LogP contribution in [0.5, 0.6) is 0 Å². The smallest absolute Gasteiger partial charge is 0.261 e. The fourth-order valence-corrected chi connectivity index (χ4v) is 4.22. The zero-order valence-corrected chi connectivity index (χ0v) is 16.5. The lowest BCUT2D eigenvalue weighted by molar-refractivity contribution is 0.390. The summed E-state index contributed by atoms with van der Waals surface area (Å²) < 4.78 is 0. The third-order valence-corrected chi connectivity index (χ3v) is 5.82. The summed E-state index contributed by atoms with van der Waals surface area (Å²) in [6.07, 6.45) is 2.29. The molecule has 29 heavy (non-hydrogen) atoms. The van der Waals surface area contributed by atoms with Gasteiger partial charge in [0.2, 0.25) is 0 Å². The van der Waals surface area contributed by atoms with Crippen LogP contribution in [0.3, 0.4) is 0 Å². The zero-order valence-electron chi connectivity index (χ0n) is 16.5. The van der Waals surface area contributed by atoms with E-state index >= 15 is 0 Å². The van der Waals surface area contributed by atoms with E-state index in [9.17, 15) is 4.79 Å². The van der Waals surface area contributed by atoms with Gasteiger partial charge >= 0.3 is 0 Å². The molecule has 0 aliphatic carbocycles. The largest absolute Gasteiger partial charge is 0.383 e. The Labute approximate surface area is 168 Å². The van der Waals surface area contributed by atoms with Gasteiger partial charge in [0.1, 0.15) is 11.4 Å². The van der Waals surface area contributed by atoms with Crippen molar-refractivity contribution in [2.24, 2.45) is 5.92 Å². The van der Waals surface area contributed by atoms with Gasteiger partial charge < -0.3 is 20.6 Å². The Morgan fingerprint density at radius 1 is 1.07 bits per heavy atom. The SMILES string of the molecule is Cc1ccc2[nH]c(=O)c(-c3nc4ccccc4[nH]3)c(NCC3CCNCC3)c2c1. The average Bonchev–Trinajstić information content (AvgIpc) is 3.16. The Morgan fingerprint density at radius 2 is 1.90 bits per heavy atom. The number of aryl methyl sites for hydroxylation is 1. The summed E-state index contributed by atoms with van der Waals surface area (Å²) in [5.41, 5.74) is 5.09. The van der Waals surface area contributed by atoms with Gasteiger partial charge in [-0.3, -0.25) is 4.79 Å². The molecule has 1 aliphatic rings. The van der Waals surface area contributed by atoms with Crippen LogP contribution in [0.1, 0.15) is 18.4 Å². The van der Waals surface area contributed by atoms with Crippen LogP contribution < -0.4 is 16.2 Å². The molecule has 4 aromatic rings. The molecule has 4 N–H and O–H groups in total. The van der Waals surface area contributed by atoms with Gasteiger partial charge in [0.15, 0.2) is 0 Å². The summed E-state index contributed by atoms with van der Waals surface area (Å²) in [5, 5.41) is 8.06. The highest BCUT2D eigenvalue weighted by atomic mass is 16.1. The third kappa shape index (κ3) is 3.40. The summed E-state index contributed by atoms with van der Waals surface area (Å²) in [5.74, 6) is 1.20. The molecule has 0 atom stereocenters. The van der Waals surface area contributed by atoms with Crippen molar-refractivity contribution in [3.63, 3.8) is 0 Å². The van der Waals surface area contributed by atoms with Crippen LogP contribution in [0, 0.1) is 12.8 Å². The first-order valence-corrected chi connectivity index (χ1v) is 10.3. The molecule has 2 aromatic carbocycles. The van der Waals surface area contributed by atoms with Gasteiger partial charge in [-0.25, -0.2) is 4.98 Å². The number of aromatic nitrogens is 3. The van der Waals surface area contributed by atoms with Crippen LogP contribution in [0.4, 0.5) is 5.69 Å². The fourth-order valence-electron chi connectivity index (χ4n) is 4.22. The normalized spacial score (nSPS) is 15.2. The minimum atomic E-state index is -0.131. The Kier molecular flexibility index (Phi) is 4.56. The molecule has 148 valence electrons. The molecule has 0 unspecified atom stereocenters. The summed E-state index contributed by atoms with van der Waals surface area (Å²) >= 11 is 0. The van der Waals surface area contributed by atoms with E-state index in [1.807, 2.05) is 36.4 Å². The number of aromatic amines is 2. The Hall–Kier alpha value is -3.12. The van der Waals surface area contributed by atoms with Gasteiger partial charge in [0.25, 0.3) is 5.56 Å². The minimum Gasteiger partial charge on any atom is -0.383 e. The lowest BCUT2D eigenvalue weighted by Crippen LogP contribution is -2.31. The standard InChI is InChI=1S/C23H25N5O/c1-14-6-7-17-16(12-14)21(25-13-15-8-10-24-11-9-15)20(23(29)28-17)22-26-18-4-2-3-5-19(18)27-22/h2-7,12,15,24H,8-11,13H2,1H3,(H,26,27)(H2,25,28,29). The Morgan fingerprint density at radius 3 is 2.72 bits per heavy atom. The van der Waals surface area contributed by atoms with Gasteiger partial charge in [-0.1, -0.05) is 23.8 Å². The first kappa shape index (κ1) is 17.9. The zero-order chi connectivity index (χ0) is 19.8. The van der Waals surface area contributed by atoms with Crippen molar-refractivity contribution in [1.82, 2.24) is 20.3 Å². The predicted molar refractivity (Wildman–Crippen MR) is 118 cm³/mol. The fraction of sp³-hybridized carbons (Fsp3) is 0.304. The highest BCUT2D eigenvalue weighted by Gasteiger charge is 2.20. The second kappa shape index (κ2) is 7.37. The third-order valence-electron chi connectivity index (χ3n) is 5.82. The topological polar surface area (TPSA) is 85.6 Å². The summed E-state index contributed by atoms with van der Waals surface area (Å²) in [6, 6.07) is 14.0. The van der Waals surface area contributed by atoms with Gasteiger partial charge in [0, 0.05) is 11.9 Å². The van der Waals surface area contributed by atoms with E-state index in [1.54, 1.807) is 0 Å². The number of hydrogen-bond acceptors (Lipinski definition) is 4. The van der Waals surface area contributed by atoms with Gasteiger partial charge in [-0.15, -0.1) is 0 Å². The lowest BCUT2D eigenvalue weighted by Gasteiger charge is -2.24. The molecular weight excluding hydrogens is 362 g/mol.